The van der Waals surface area contributed by atoms with Crippen molar-refractivity contribution >= 4 is 6.09 Å². The van der Waals surface area contributed by atoms with Crippen molar-refractivity contribution in [3.05, 3.63) is 0 Å². The second-order valence-corrected chi connectivity index (χ2v) is 8.36. The van der Waals surface area contributed by atoms with Gasteiger partial charge in [-0.1, -0.05) is 34.6 Å². The molecule has 0 radical (unpaired) electrons. The van der Waals surface area contributed by atoms with E-state index < -0.39 is 5.60 Å². The number of nitrogens with two attached hydrogens (primary N) is 1. The second-order valence-electron chi connectivity index (χ2n) is 8.36. The molecule has 1 saturated carbocycles. The molecule has 4 nitrogen and oxygen atoms in total. The molecule has 19 heavy (non-hydrogen) atoms. The predicted octanol–water partition coefficient (Wildman–Crippen LogP) is 2.91. The van der Waals surface area contributed by atoms with Gasteiger partial charge in [0.1, 0.15) is 5.60 Å². The van der Waals surface area contributed by atoms with Gasteiger partial charge in [-0.15, -0.1) is 0 Å². The standard InChI is InChI=1S/C15H30N2O2/c1-13(2,3)11(9-10(16)15(9,7)8)17-12(18)19-14(4,5)6/h9-11H,16H2,1-8H3,(H,17,18)/t9-,10+,11?/m0/s1. The zero-order valence-electron chi connectivity index (χ0n) is 13.6. The minimum Gasteiger partial charge on any atom is -0.444 e. The number of carbonyl (C=O) groups is 1. The number of ether oxygens (including phenoxy) is 1. The zero-order valence-corrected chi connectivity index (χ0v) is 13.6. The molecular formula is C15H30N2O2. The second kappa shape index (κ2) is 4.65. The van der Waals surface area contributed by atoms with E-state index in [0.29, 0.717) is 5.92 Å². The number of rotatable bonds is 2. The highest BCUT2D eigenvalue weighted by molar-refractivity contribution is 5.68. The van der Waals surface area contributed by atoms with Crippen molar-refractivity contribution in [2.45, 2.75) is 73.1 Å². The van der Waals surface area contributed by atoms with Crippen molar-refractivity contribution in [2.24, 2.45) is 22.5 Å². The predicted molar refractivity (Wildman–Crippen MR) is 77.9 cm³/mol. The number of nitrogens with one attached hydrogen (secondary N) is 1. The zero-order chi connectivity index (χ0) is 15.2. The molecule has 3 N–H and O–H groups in total. The largest absolute Gasteiger partial charge is 0.444 e. The molecule has 0 aromatic carbocycles. The molecule has 0 heterocycles. The molecule has 1 aliphatic carbocycles. The van der Waals surface area contributed by atoms with Gasteiger partial charge in [0.05, 0.1) is 0 Å². The maximum absolute atomic E-state index is 12.0. The van der Waals surface area contributed by atoms with E-state index in [2.05, 4.69) is 39.9 Å². The Hall–Kier alpha value is -0.770. The van der Waals surface area contributed by atoms with E-state index in [1.807, 2.05) is 20.8 Å². The summed E-state index contributed by atoms with van der Waals surface area (Å²) in [5, 5.41) is 3.02. The van der Waals surface area contributed by atoms with Crippen LogP contribution in [0.1, 0.15) is 55.4 Å². The lowest BCUT2D eigenvalue weighted by molar-refractivity contribution is 0.0443. The molecule has 1 aliphatic rings. The Morgan fingerprint density at radius 3 is 1.89 bits per heavy atom. The summed E-state index contributed by atoms with van der Waals surface area (Å²) >= 11 is 0. The maximum Gasteiger partial charge on any atom is 0.407 e. The average molecular weight is 270 g/mol. The number of alkyl carbamates (subject to hydrolysis) is 1. The first kappa shape index (κ1) is 16.3. The summed E-state index contributed by atoms with van der Waals surface area (Å²) in [6.07, 6.45) is -0.359. The van der Waals surface area contributed by atoms with Gasteiger partial charge >= 0.3 is 6.09 Å². The van der Waals surface area contributed by atoms with Crippen LogP contribution in [0, 0.1) is 16.7 Å². The molecular weight excluding hydrogens is 240 g/mol. The van der Waals surface area contributed by atoms with Crippen molar-refractivity contribution in [1.82, 2.24) is 5.32 Å². The topological polar surface area (TPSA) is 64.3 Å². The van der Waals surface area contributed by atoms with Crippen LogP contribution in [0.4, 0.5) is 4.79 Å². The lowest BCUT2D eigenvalue weighted by Gasteiger charge is -2.33. The Labute approximate surface area is 117 Å². The summed E-state index contributed by atoms with van der Waals surface area (Å²) in [7, 11) is 0. The molecule has 0 bridgehead atoms. The normalized spacial score (nSPS) is 27.6. The number of carbonyl (C=O) groups excluding carboxylic acids is 1. The van der Waals surface area contributed by atoms with E-state index in [-0.39, 0.29) is 29.0 Å². The Morgan fingerprint density at radius 2 is 1.63 bits per heavy atom. The van der Waals surface area contributed by atoms with Crippen molar-refractivity contribution in [1.29, 1.82) is 0 Å². The van der Waals surface area contributed by atoms with E-state index >= 15 is 0 Å². The Morgan fingerprint density at radius 1 is 1.21 bits per heavy atom. The van der Waals surface area contributed by atoms with Crippen LogP contribution < -0.4 is 11.1 Å². The molecule has 1 unspecified atom stereocenters. The minimum atomic E-state index is -0.478. The van der Waals surface area contributed by atoms with Gasteiger partial charge in [-0.2, -0.15) is 0 Å². The summed E-state index contributed by atoms with van der Waals surface area (Å²) in [6, 6.07) is 0.152. The van der Waals surface area contributed by atoms with Crippen LogP contribution in [0.3, 0.4) is 0 Å². The highest BCUT2D eigenvalue weighted by atomic mass is 16.6. The van der Waals surface area contributed by atoms with Crippen molar-refractivity contribution in [3.8, 4) is 0 Å². The first-order valence-corrected chi connectivity index (χ1v) is 7.02. The number of hydrogen-bond acceptors (Lipinski definition) is 3. The first-order chi connectivity index (χ1) is 8.27. The third-order valence-corrected chi connectivity index (χ3v) is 3.96. The molecule has 0 aliphatic heterocycles. The van der Waals surface area contributed by atoms with Crippen LogP contribution in [0.25, 0.3) is 0 Å². The van der Waals surface area contributed by atoms with Crippen LogP contribution in [0.15, 0.2) is 0 Å². The van der Waals surface area contributed by atoms with Gasteiger partial charge in [0.25, 0.3) is 0 Å². The summed E-state index contributed by atoms with van der Waals surface area (Å²) < 4.78 is 5.35. The molecule has 0 saturated heterocycles. The number of hydrogen-bond donors (Lipinski definition) is 2. The van der Waals surface area contributed by atoms with Crippen LogP contribution in [-0.4, -0.2) is 23.8 Å². The van der Waals surface area contributed by atoms with Crippen molar-refractivity contribution in [2.75, 3.05) is 0 Å². The molecule has 3 atom stereocenters. The van der Waals surface area contributed by atoms with Crippen LogP contribution in [0.2, 0.25) is 0 Å². The molecule has 1 amide bonds. The molecule has 0 aromatic rings. The molecule has 1 fully saturated rings. The fourth-order valence-electron chi connectivity index (χ4n) is 2.63. The van der Waals surface area contributed by atoms with E-state index in [1.54, 1.807) is 0 Å². The van der Waals surface area contributed by atoms with Crippen molar-refractivity contribution in [3.63, 3.8) is 0 Å². The Bertz CT molecular complexity index is 350. The molecule has 112 valence electrons. The van der Waals surface area contributed by atoms with Crippen molar-refractivity contribution < 1.29 is 9.53 Å². The SMILES string of the molecule is CC(C)(C)OC(=O)NC([C@@H]1[C@@H](N)C1(C)C)C(C)(C)C. The Balaban J connectivity index is 2.77. The van der Waals surface area contributed by atoms with Gasteiger partial charge in [0, 0.05) is 18.0 Å². The van der Waals surface area contributed by atoms with E-state index in [0.717, 1.165) is 0 Å². The summed E-state index contributed by atoms with van der Waals surface area (Å²) in [5.41, 5.74) is 5.70. The first-order valence-electron chi connectivity index (χ1n) is 7.02. The third kappa shape index (κ3) is 3.85. The quantitative estimate of drug-likeness (QED) is 0.811. The number of amides is 1. The van der Waals surface area contributed by atoms with Gasteiger partial charge in [-0.05, 0) is 31.6 Å². The molecule has 0 spiro atoms. The van der Waals surface area contributed by atoms with E-state index in [4.69, 9.17) is 10.5 Å². The smallest absolute Gasteiger partial charge is 0.407 e. The third-order valence-electron chi connectivity index (χ3n) is 3.96. The van der Waals surface area contributed by atoms with Gasteiger partial charge in [-0.25, -0.2) is 4.79 Å². The van der Waals surface area contributed by atoms with E-state index in [1.165, 1.54) is 0 Å². The van der Waals surface area contributed by atoms with Gasteiger partial charge in [0.15, 0.2) is 0 Å². The maximum atomic E-state index is 12.0. The summed E-state index contributed by atoms with van der Waals surface area (Å²) in [5.74, 6) is 0.292. The highest BCUT2D eigenvalue weighted by Gasteiger charge is 2.61. The lowest BCUT2D eigenvalue weighted by Crippen LogP contribution is -2.48. The highest BCUT2D eigenvalue weighted by Crippen LogP contribution is 2.55. The average Bonchev–Trinajstić information content (AvgIpc) is 2.57. The fourth-order valence-corrected chi connectivity index (χ4v) is 2.63. The molecule has 4 heteroatoms. The van der Waals surface area contributed by atoms with Crippen LogP contribution >= 0.6 is 0 Å². The fraction of sp³-hybridized carbons (Fsp3) is 0.933. The Kier molecular flexibility index (Phi) is 3.99. The van der Waals surface area contributed by atoms with Gasteiger partial charge < -0.3 is 15.8 Å². The summed E-state index contributed by atoms with van der Waals surface area (Å²) in [4.78, 5) is 12.0. The van der Waals surface area contributed by atoms with Crippen LogP contribution in [0.5, 0.6) is 0 Å². The minimum absolute atomic E-state index is 0.0207. The van der Waals surface area contributed by atoms with Gasteiger partial charge in [0.2, 0.25) is 0 Å². The van der Waals surface area contributed by atoms with E-state index in [9.17, 15) is 4.79 Å². The monoisotopic (exact) mass is 270 g/mol. The summed E-state index contributed by atoms with van der Waals surface area (Å²) in [6.45, 7) is 16.3. The van der Waals surface area contributed by atoms with Crippen LogP contribution in [-0.2, 0) is 4.74 Å². The van der Waals surface area contributed by atoms with Gasteiger partial charge in [-0.3, -0.25) is 0 Å². The molecule has 1 rings (SSSR count). The molecule has 0 aromatic heterocycles. The lowest BCUT2D eigenvalue weighted by atomic mass is 9.81.